The number of hydrogen-bond donors (Lipinski definition) is 2. The van der Waals surface area contributed by atoms with Crippen molar-refractivity contribution in [3.05, 3.63) is 53.6 Å². The van der Waals surface area contributed by atoms with E-state index in [0.717, 1.165) is 16.9 Å². The Kier molecular flexibility index (Phi) is 3.19. The number of nitrogens with two attached hydrogens (primary N) is 1. The van der Waals surface area contributed by atoms with Crippen LogP contribution in [0.5, 0.6) is 11.5 Å². The molecule has 0 heterocycles. The van der Waals surface area contributed by atoms with Gasteiger partial charge in [0.25, 0.3) is 0 Å². The highest BCUT2D eigenvalue weighted by Gasteiger charge is 2.07. The number of phenols is 1. The summed E-state index contributed by atoms with van der Waals surface area (Å²) in [6, 6.07) is 13.1. The fourth-order valence-electron chi connectivity index (χ4n) is 1.81. The number of methoxy groups -OCH3 is 1. The molecule has 2 aromatic carbocycles. The van der Waals surface area contributed by atoms with Crippen molar-refractivity contribution in [2.75, 3.05) is 12.8 Å². The minimum absolute atomic E-state index is 0.123. The molecule has 17 heavy (non-hydrogen) atoms. The Labute approximate surface area is 100 Å². The summed E-state index contributed by atoms with van der Waals surface area (Å²) in [5.74, 6) is 0.952. The number of phenolic OH excluding ortho intramolecular Hbond substituents is 1. The lowest BCUT2D eigenvalue weighted by molar-refractivity contribution is 0.410. The van der Waals surface area contributed by atoms with Crippen LogP contribution in [0.4, 0.5) is 5.69 Å². The first-order valence-corrected chi connectivity index (χ1v) is 5.40. The highest BCUT2D eigenvalue weighted by molar-refractivity contribution is 5.59. The van der Waals surface area contributed by atoms with Crippen LogP contribution < -0.4 is 10.5 Å². The van der Waals surface area contributed by atoms with Gasteiger partial charge in [-0.05, 0) is 23.3 Å². The van der Waals surface area contributed by atoms with Crippen LogP contribution in [0.2, 0.25) is 0 Å². The Hall–Kier alpha value is -2.16. The van der Waals surface area contributed by atoms with E-state index in [4.69, 9.17) is 10.5 Å². The second-order valence-electron chi connectivity index (χ2n) is 3.84. The molecule has 0 aliphatic carbocycles. The van der Waals surface area contributed by atoms with Crippen molar-refractivity contribution >= 4 is 5.69 Å². The predicted octanol–water partition coefficient (Wildman–Crippen LogP) is 2.57. The third-order valence-electron chi connectivity index (χ3n) is 2.75. The summed E-state index contributed by atoms with van der Waals surface area (Å²) < 4.78 is 5.28. The van der Waals surface area contributed by atoms with Gasteiger partial charge in [-0.15, -0.1) is 0 Å². The van der Waals surface area contributed by atoms with E-state index >= 15 is 0 Å². The fraction of sp³-hybridized carbons (Fsp3) is 0.143. The summed E-state index contributed by atoms with van der Waals surface area (Å²) in [6.07, 6.45) is 0.643. The molecule has 0 aliphatic heterocycles. The van der Waals surface area contributed by atoms with E-state index in [9.17, 15) is 5.11 Å². The molecule has 3 N–H and O–H groups in total. The van der Waals surface area contributed by atoms with Crippen LogP contribution in [0.3, 0.4) is 0 Å². The van der Waals surface area contributed by atoms with Gasteiger partial charge in [-0.3, -0.25) is 0 Å². The van der Waals surface area contributed by atoms with E-state index in [2.05, 4.69) is 0 Å². The molecule has 0 atom stereocenters. The van der Waals surface area contributed by atoms with Crippen LogP contribution in [0, 0.1) is 0 Å². The molecule has 3 heteroatoms. The van der Waals surface area contributed by atoms with Crippen LogP contribution in [0.15, 0.2) is 42.5 Å². The summed E-state index contributed by atoms with van der Waals surface area (Å²) in [5, 5.41) is 9.55. The molecule has 2 rings (SSSR count). The summed E-state index contributed by atoms with van der Waals surface area (Å²) in [6.45, 7) is 0. The Bertz CT molecular complexity index is 523. The number of anilines is 1. The Morgan fingerprint density at radius 3 is 2.53 bits per heavy atom. The number of nitrogen functional groups attached to an aromatic ring is 1. The quantitative estimate of drug-likeness (QED) is 0.628. The lowest BCUT2D eigenvalue weighted by Crippen LogP contribution is -1.98. The molecule has 0 fully saturated rings. The summed E-state index contributed by atoms with van der Waals surface area (Å²) in [7, 11) is 1.64. The summed E-state index contributed by atoms with van der Waals surface area (Å²) in [4.78, 5) is 0. The van der Waals surface area contributed by atoms with Crippen molar-refractivity contribution < 1.29 is 9.84 Å². The summed E-state index contributed by atoms with van der Waals surface area (Å²) in [5.41, 5.74) is 8.21. The molecule has 0 saturated heterocycles. The maximum atomic E-state index is 9.55. The minimum atomic E-state index is 0.123. The molecule has 0 spiro atoms. The number of rotatable bonds is 3. The first-order valence-electron chi connectivity index (χ1n) is 5.40. The maximum Gasteiger partial charge on any atom is 0.138 e. The van der Waals surface area contributed by atoms with Gasteiger partial charge in [0.1, 0.15) is 11.5 Å². The molecule has 0 saturated carbocycles. The van der Waals surface area contributed by atoms with E-state index < -0.39 is 0 Å². The Morgan fingerprint density at radius 1 is 1.06 bits per heavy atom. The zero-order chi connectivity index (χ0) is 12.3. The molecule has 0 radical (unpaired) electrons. The van der Waals surface area contributed by atoms with Crippen LogP contribution in [0.25, 0.3) is 0 Å². The van der Waals surface area contributed by atoms with Crippen molar-refractivity contribution in [2.24, 2.45) is 0 Å². The first-order chi connectivity index (χ1) is 8.22. The molecule has 0 bridgehead atoms. The van der Waals surface area contributed by atoms with Crippen molar-refractivity contribution in [3.63, 3.8) is 0 Å². The van der Waals surface area contributed by atoms with Gasteiger partial charge < -0.3 is 15.6 Å². The van der Waals surface area contributed by atoms with Gasteiger partial charge in [-0.25, -0.2) is 0 Å². The van der Waals surface area contributed by atoms with Gasteiger partial charge >= 0.3 is 0 Å². The largest absolute Gasteiger partial charge is 0.506 e. The zero-order valence-corrected chi connectivity index (χ0v) is 9.68. The number of para-hydroxylation sites is 2. The third kappa shape index (κ3) is 2.33. The lowest BCUT2D eigenvalue weighted by Gasteiger charge is -2.10. The predicted molar refractivity (Wildman–Crippen MR) is 68.3 cm³/mol. The van der Waals surface area contributed by atoms with E-state index in [1.54, 1.807) is 19.2 Å². The molecular weight excluding hydrogens is 214 g/mol. The smallest absolute Gasteiger partial charge is 0.138 e. The van der Waals surface area contributed by atoms with Crippen LogP contribution >= 0.6 is 0 Å². The number of benzene rings is 2. The fourth-order valence-corrected chi connectivity index (χ4v) is 1.81. The zero-order valence-electron chi connectivity index (χ0n) is 9.68. The second kappa shape index (κ2) is 4.78. The minimum Gasteiger partial charge on any atom is -0.506 e. The topological polar surface area (TPSA) is 55.5 Å². The number of aromatic hydroxyl groups is 1. The Balaban J connectivity index is 2.35. The Morgan fingerprint density at radius 2 is 1.76 bits per heavy atom. The van der Waals surface area contributed by atoms with Crippen molar-refractivity contribution in [2.45, 2.75) is 6.42 Å². The molecule has 3 nitrogen and oxygen atoms in total. The van der Waals surface area contributed by atoms with E-state index in [0.29, 0.717) is 12.1 Å². The first kappa shape index (κ1) is 11.3. The van der Waals surface area contributed by atoms with Crippen molar-refractivity contribution in [1.29, 1.82) is 0 Å². The molecule has 2 aromatic rings. The molecule has 0 amide bonds. The van der Waals surface area contributed by atoms with Crippen LogP contribution in [0.1, 0.15) is 11.1 Å². The molecule has 0 unspecified atom stereocenters. The second-order valence-corrected chi connectivity index (χ2v) is 3.84. The van der Waals surface area contributed by atoms with Gasteiger partial charge in [0.2, 0.25) is 0 Å². The van der Waals surface area contributed by atoms with Gasteiger partial charge in [0.15, 0.2) is 0 Å². The van der Waals surface area contributed by atoms with E-state index in [1.165, 1.54) is 0 Å². The van der Waals surface area contributed by atoms with Crippen LogP contribution in [-0.2, 0) is 6.42 Å². The molecule has 0 aliphatic rings. The maximum absolute atomic E-state index is 9.55. The normalized spacial score (nSPS) is 10.2. The molecule has 88 valence electrons. The highest BCUT2D eigenvalue weighted by Crippen LogP contribution is 2.28. The third-order valence-corrected chi connectivity index (χ3v) is 2.75. The lowest BCUT2D eigenvalue weighted by atomic mass is 10.0. The molecular formula is C14H15NO2. The van der Waals surface area contributed by atoms with Crippen LogP contribution in [-0.4, -0.2) is 12.2 Å². The van der Waals surface area contributed by atoms with Crippen molar-refractivity contribution in [3.8, 4) is 11.5 Å². The van der Waals surface area contributed by atoms with Gasteiger partial charge in [-0.2, -0.15) is 0 Å². The number of ether oxygens (including phenoxy) is 1. The number of hydrogen-bond acceptors (Lipinski definition) is 3. The van der Waals surface area contributed by atoms with Crippen molar-refractivity contribution in [1.82, 2.24) is 0 Å². The average molecular weight is 229 g/mol. The standard InChI is InChI=1S/C14H15NO2/c1-17-13-8-3-2-5-10(13)9-11-6-4-7-12(16)14(11)15/h2-8,16H,9,15H2,1H3. The SMILES string of the molecule is COc1ccccc1Cc1cccc(O)c1N. The van der Waals surface area contributed by atoms with Gasteiger partial charge in [0, 0.05) is 6.42 Å². The van der Waals surface area contributed by atoms with E-state index in [-0.39, 0.29) is 5.75 Å². The monoisotopic (exact) mass is 229 g/mol. The molecule has 0 aromatic heterocycles. The summed E-state index contributed by atoms with van der Waals surface area (Å²) >= 11 is 0. The highest BCUT2D eigenvalue weighted by atomic mass is 16.5. The van der Waals surface area contributed by atoms with E-state index in [1.807, 2.05) is 30.3 Å². The van der Waals surface area contributed by atoms with Gasteiger partial charge in [0.05, 0.1) is 12.8 Å². The van der Waals surface area contributed by atoms with Gasteiger partial charge in [-0.1, -0.05) is 30.3 Å². The average Bonchev–Trinajstić information content (AvgIpc) is 2.35.